The van der Waals surface area contributed by atoms with Gasteiger partial charge in [-0.3, -0.25) is 9.59 Å². The van der Waals surface area contributed by atoms with Gasteiger partial charge in [-0.15, -0.1) is 0 Å². The zero-order valence-electron chi connectivity index (χ0n) is 15.3. The zero-order valence-corrected chi connectivity index (χ0v) is 16.0. The van der Waals surface area contributed by atoms with Crippen LogP contribution in [0.4, 0.5) is 4.39 Å². The third kappa shape index (κ3) is 4.97. The number of halogens is 2. The molecule has 1 amide bonds. The lowest BCUT2D eigenvalue weighted by Crippen LogP contribution is -2.50. The van der Waals surface area contributed by atoms with Crippen molar-refractivity contribution in [2.24, 2.45) is 0 Å². The van der Waals surface area contributed by atoms with Crippen molar-refractivity contribution in [1.82, 2.24) is 4.90 Å². The quantitative estimate of drug-likeness (QED) is 0.630. The third-order valence-electron chi connectivity index (χ3n) is 5.29. The number of carboxylic acid groups (broad SMARTS) is 1. The lowest BCUT2D eigenvalue weighted by Gasteiger charge is -2.42. The molecule has 0 aliphatic heterocycles. The maximum Gasteiger partial charge on any atom is 0.303 e. The van der Waals surface area contributed by atoms with Crippen LogP contribution in [0.1, 0.15) is 75.1 Å². The van der Waals surface area contributed by atoms with Gasteiger partial charge in [0.1, 0.15) is 5.82 Å². The topological polar surface area (TPSA) is 57.6 Å². The van der Waals surface area contributed by atoms with E-state index < -0.39 is 11.8 Å². The maximum absolute atomic E-state index is 13.5. The molecule has 1 aromatic carbocycles. The first-order chi connectivity index (χ1) is 12.4. The number of benzene rings is 1. The number of carbonyl (C=O) groups excluding carboxylic acids is 1. The lowest BCUT2D eigenvalue weighted by molar-refractivity contribution is -0.137. The van der Waals surface area contributed by atoms with Gasteiger partial charge >= 0.3 is 5.97 Å². The van der Waals surface area contributed by atoms with Gasteiger partial charge in [-0.25, -0.2) is 4.39 Å². The van der Waals surface area contributed by atoms with Crippen LogP contribution >= 0.6 is 11.6 Å². The number of unbranched alkanes of at least 4 members (excludes halogenated alkanes) is 1. The zero-order chi connectivity index (χ0) is 19.2. The average molecular weight is 384 g/mol. The van der Waals surface area contributed by atoms with Gasteiger partial charge in [0.15, 0.2) is 0 Å². The van der Waals surface area contributed by atoms with E-state index in [0.717, 1.165) is 44.9 Å². The summed E-state index contributed by atoms with van der Waals surface area (Å²) in [5, 5.41) is 8.88. The summed E-state index contributed by atoms with van der Waals surface area (Å²) < 4.78 is 13.5. The normalized spacial score (nSPS) is 15.8. The van der Waals surface area contributed by atoms with Crippen LogP contribution in [0, 0.1) is 5.82 Å². The summed E-state index contributed by atoms with van der Waals surface area (Å²) >= 11 is 5.86. The van der Waals surface area contributed by atoms with Crippen molar-refractivity contribution < 1.29 is 19.1 Å². The second kappa shape index (κ2) is 9.36. The number of nitrogens with zero attached hydrogens (tertiary/aromatic N) is 1. The number of carboxylic acids is 1. The second-order valence-corrected chi connectivity index (χ2v) is 7.53. The summed E-state index contributed by atoms with van der Waals surface area (Å²) in [7, 11) is 0. The van der Waals surface area contributed by atoms with Crippen molar-refractivity contribution in [3.05, 3.63) is 34.6 Å². The van der Waals surface area contributed by atoms with E-state index in [9.17, 15) is 14.0 Å². The van der Waals surface area contributed by atoms with Crippen LogP contribution in [0.3, 0.4) is 0 Å². The van der Waals surface area contributed by atoms with Crippen LogP contribution in [0.5, 0.6) is 0 Å². The predicted molar refractivity (Wildman–Crippen MR) is 100 cm³/mol. The first kappa shape index (κ1) is 20.7. The maximum atomic E-state index is 13.5. The smallest absolute Gasteiger partial charge is 0.303 e. The van der Waals surface area contributed by atoms with Crippen molar-refractivity contribution in [3.63, 3.8) is 0 Å². The van der Waals surface area contributed by atoms with Crippen LogP contribution in [-0.4, -0.2) is 34.0 Å². The molecule has 1 saturated carbocycles. The molecule has 0 bridgehead atoms. The molecule has 0 heterocycles. The van der Waals surface area contributed by atoms with Gasteiger partial charge in [-0.2, -0.15) is 0 Å². The Morgan fingerprint density at radius 3 is 2.54 bits per heavy atom. The van der Waals surface area contributed by atoms with Gasteiger partial charge < -0.3 is 10.0 Å². The molecular weight excluding hydrogens is 357 g/mol. The molecule has 0 atom stereocenters. The molecule has 0 aromatic heterocycles. The molecule has 1 N–H and O–H groups in total. The van der Waals surface area contributed by atoms with Gasteiger partial charge in [0, 0.05) is 24.1 Å². The molecular formula is C20H27ClFNO3. The number of hydrogen-bond acceptors (Lipinski definition) is 2. The Hall–Kier alpha value is -1.62. The van der Waals surface area contributed by atoms with Gasteiger partial charge in [-0.05, 0) is 43.9 Å². The van der Waals surface area contributed by atoms with E-state index in [4.69, 9.17) is 16.7 Å². The van der Waals surface area contributed by atoms with E-state index in [2.05, 4.69) is 6.92 Å². The molecule has 2 rings (SSSR count). The summed E-state index contributed by atoms with van der Waals surface area (Å²) in [5.41, 5.74) is 0.126. The van der Waals surface area contributed by atoms with Gasteiger partial charge in [0.2, 0.25) is 0 Å². The molecule has 1 aliphatic carbocycles. The van der Waals surface area contributed by atoms with Crippen molar-refractivity contribution in [2.75, 3.05) is 6.54 Å². The number of aliphatic carboxylic acids is 1. The van der Waals surface area contributed by atoms with E-state index >= 15 is 0 Å². The minimum atomic E-state index is -0.865. The minimum Gasteiger partial charge on any atom is -0.481 e. The van der Waals surface area contributed by atoms with E-state index in [1.165, 1.54) is 18.2 Å². The molecule has 144 valence electrons. The van der Waals surface area contributed by atoms with E-state index in [1.54, 1.807) is 0 Å². The van der Waals surface area contributed by atoms with Crippen LogP contribution < -0.4 is 0 Å². The highest BCUT2D eigenvalue weighted by atomic mass is 35.5. The van der Waals surface area contributed by atoms with Crippen LogP contribution in [-0.2, 0) is 4.79 Å². The summed E-state index contributed by atoms with van der Waals surface area (Å²) in [6, 6.07) is 4.03. The van der Waals surface area contributed by atoms with Crippen LogP contribution in [0.15, 0.2) is 18.2 Å². The standard InChI is InChI=1S/C20H27ClFNO3/c1-2-3-10-20(11-4-5-12-20)23(13-6-7-18(24)25)19(26)15-8-9-17(22)16(21)14-15/h8-9,14H,2-7,10-13H2,1H3,(H,24,25). The van der Waals surface area contributed by atoms with Gasteiger partial charge in [0.05, 0.1) is 5.02 Å². The highest BCUT2D eigenvalue weighted by Gasteiger charge is 2.41. The molecule has 1 aromatic rings. The molecule has 4 nitrogen and oxygen atoms in total. The first-order valence-corrected chi connectivity index (χ1v) is 9.76. The summed E-state index contributed by atoms with van der Waals surface area (Å²) in [6.45, 7) is 2.52. The second-order valence-electron chi connectivity index (χ2n) is 7.12. The van der Waals surface area contributed by atoms with Gasteiger partial charge in [0.25, 0.3) is 5.91 Å². The number of carbonyl (C=O) groups is 2. The Morgan fingerprint density at radius 2 is 1.96 bits per heavy atom. The van der Waals surface area contributed by atoms with Gasteiger partial charge in [-0.1, -0.05) is 44.2 Å². The summed E-state index contributed by atoms with van der Waals surface area (Å²) in [6.07, 6.45) is 7.40. The Kier molecular flexibility index (Phi) is 7.44. The molecule has 0 spiro atoms. The number of rotatable bonds is 9. The van der Waals surface area contributed by atoms with Crippen LogP contribution in [0.25, 0.3) is 0 Å². The average Bonchev–Trinajstić information content (AvgIpc) is 3.08. The van der Waals surface area contributed by atoms with Crippen molar-refractivity contribution in [3.8, 4) is 0 Å². The van der Waals surface area contributed by atoms with E-state index in [1.807, 2.05) is 4.90 Å². The molecule has 26 heavy (non-hydrogen) atoms. The number of hydrogen-bond donors (Lipinski definition) is 1. The highest BCUT2D eigenvalue weighted by Crippen LogP contribution is 2.40. The SMILES string of the molecule is CCCCC1(N(CCCC(=O)O)C(=O)c2ccc(F)c(Cl)c2)CCCC1. The van der Waals surface area contributed by atoms with E-state index in [-0.39, 0.29) is 22.9 Å². The Balaban J connectivity index is 2.30. The third-order valence-corrected chi connectivity index (χ3v) is 5.58. The Bertz CT molecular complexity index is 644. The van der Waals surface area contributed by atoms with Crippen LogP contribution in [0.2, 0.25) is 5.02 Å². The van der Waals surface area contributed by atoms with E-state index in [0.29, 0.717) is 18.5 Å². The fraction of sp³-hybridized carbons (Fsp3) is 0.600. The molecule has 0 saturated heterocycles. The highest BCUT2D eigenvalue weighted by molar-refractivity contribution is 6.31. The lowest BCUT2D eigenvalue weighted by atomic mass is 9.87. The Labute approximate surface area is 159 Å². The van der Waals surface area contributed by atoms with Crippen molar-refractivity contribution in [2.45, 2.75) is 70.3 Å². The minimum absolute atomic E-state index is 0.0256. The fourth-order valence-corrected chi connectivity index (χ4v) is 4.10. The van der Waals surface area contributed by atoms with Crippen molar-refractivity contribution in [1.29, 1.82) is 0 Å². The monoisotopic (exact) mass is 383 g/mol. The molecule has 0 unspecified atom stereocenters. The Morgan fingerprint density at radius 1 is 1.27 bits per heavy atom. The first-order valence-electron chi connectivity index (χ1n) is 9.38. The molecule has 1 aliphatic rings. The molecule has 6 heteroatoms. The summed E-state index contributed by atoms with van der Waals surface area (Å²) in [5.74, 6) is -1.60. The molecule has 1 fully saturated rings. The largest absolute Gasteiger partial charge is 0.481 e. The molecule has 0 radical (unpaired) electrons. The fourth-order valence-electron chi connectivity index (χ4n) is 3.92. The predicted octanol–water partition coefficient (Wildman–Crippen LogP) is 5.29. The van der Waals surface area contributed by atoms with Crippen molar-refractivity contribution >= 4 is 23.5 Å². The summed E-state index contributed by atoms with van der Waals surface area (Å²) in [4.78, 5) is 26.0. The number of amides is 1.